The summed E-state index contributed by atoms with van der Waals surface area (Å²) in [4.78, 5) is 6.28. The van der Waals surface area contributed by atoms with Gasteiger partial charge in [-0.25, -0.2) is 0 Å². The first-order valence-electron chi connectivity index (χ1n) is 5.07. The first kappa shape index (κ1) is 10.1. The normalized spacial score (nSPS) is 13.1. The molecule has 76 valence electrons. The molecule has 2 aromatic rings. The van der Waals surface area contributed by atoms with E-state index in [1.54, 1.807) is 29.7 Å². The molecule has 0 unspecified atom stereocenters. The maximum atomic E-state index is 2.30. The fourth-order valence-corrected chi connectivity index (χ4v) is 9.30. The van der Waals surface area contributed by atoms with Crippen LogP contribution in [0, 0.1) is 27.7 Å². The predicted octanol–water partition coefficient (Wildman–Crippen LogP) is 2.68. The molecule has 0 saturated heterocycles. The summed E-state index contributed by atoms with van der Waals surface area (Å²) in [5.74, 6) is 0. The summed E-state index contributed by atoms with van der Waals surface area (Å²) in [5, 5.41) is 0. The van der Waals surface area contributed by atoms with E-state index in [0.717, 1.165) is 0 Å². The summed E-state index contributed by atoms with van der Waals surface area (Å²) < 4.78 is 3.45. The summed E-state index contributed by atoms with van der Waals surface area (Å²) in [6, 6.07) is 0. The summed E-state index contributed by atoms with van der Waals surface area (Å²) in [6.45, 7) is 9.12. The summed E-state index contributed by atoms with van der Waals surface area (Å²) >= 11 is 4.00. The zero-order valence-electron chi connectivity index (χ0n) is 9.32. The molecule has 0 saturated carbocycles. The van der Waals surface area contributed by atoms with Gasteiger partial charge in [-0.2, -0.15) is 0 Å². The molecule has 2 radical (unpaired) electrons. The third-order valence-electron chi connectivity index (χ3n) is 3.23. The topological polar surface area (TPSA) is 0 Å². The van der Waals surface area contributed by atoms with E-state index in [1.165, 1.54) is 9.75 Å². The standard InChI is InChI=1S/C12H12GeS2/c1-5-7(3)14-11-9(5)13-10-6(2)8(4)15-12(10)11/h1-4H3. The van der Waals surface area contributed by atoms with E-state index in [9.17, 15) is 0 Å². The van der Waals surface area contributed by atoms with Gasteiger partial charge in [0, 0.05) is 0 Å². The van der Waals surface area contributed by atoms with Gasteiger partial charge in [0.25, 0.3) is 0 Å². The minimum atomic E-state index is -0.0221. The molecule has 0 aromatic carbocycles. The first-order valence-corrected chi connectivity index (χ1v) is 8.80. The molecule has 0 atom stereocenters. The second-order valence-corrected chi connectivity index (χ2v) is 9.17. The van der Waals surface area contributed by atoms with Crippen molar-refractivity contribution in [3.05, 3.63) is 20.9 Å². The van der Waals surface area contributed by atoms with Crippen LogP contribution >= 0.6 is 22.7 Å². The fourth-order valence-electron chi connectivity index (χ4n) is 2.00. The van der Waals surface area contributed by atoms with Gasteiger partial charge in [-0.1, -0.05) is 0 Å². The molecule has 0 aliphatic carbocycles. The Bertz CT molecular complexity index is 510. The number of rotatable bonds is 0. The Morgan fingerprint density at radius 1 is 0.733 bits per heavy atom. The molecule has 1 aliphatic rings. The van der Waals surface area contributed by atoms with E-state index in [1.807, 2.05) is 22.7 Å². The van der Waals surface area contributed by atoms with Crippen LogP contribution in [0.25, 0.3) is 9.75 Å². The van der Waals surface area contributed by atoms with Crippen LogP contribution in [0.1, 0.15) is 20.9 Å². The maximum absolute atomic E-state index is 2.30. The van der Waals surface area contributed by atoms with Crippen LogP contribution in [-0.4, -0.2) is 15.4 Å². The van der Waals surface area contributed by atoms with E-state index >= 15 is 0 Å². The number of hydrogen-bond acceptors (Lipinski definition) is 2. The molecule has 3 heterocycles. The molecule has 2 aromatic heterocycles. The van der Waals surface area contributed by atoms with Gasteiger partial charge >= 0.3 is 105 Å². The Kier molecular flexibility index (Phi) is 2.17. The SMILES string of the molecule is Cc1sc2[c](c1C)[Ge][c]1c-2sc(C)c1C. The van der Waals surface area contributed by atoms with Crippen LogP contribution in [0.5, 0.6) is 0 Å². The Balaban J connectivity index is 2.30. The number of hydrogen-bond donors (Lipinski definition) is 0. The number of fused-ring (bicyclic) bond motifs is 3. The van der Waals surface area contributed by atoms with Crippen LogP contribution < -0.4 is 8.79 Å². The van der Waals surface area contributed by atoms with Gasteiger partial charge in [0.15, 0.2) is 0 Å². The van der Waals surface area contributed by atoms with E-state index in [2.05, 4.69) is 27.7 Å². The second-order valence-electron chi connectivity index (χ2n) is 4.10. The molecule has 0 amide bonds. The zero-order valence-corrected chi connectivity index (χ0v) is 13.0. The molecule has 1 aliphatic heterocycles. The van der Waals surface area contributed by atoms with Gasteiger partial charge in [0.1, 0.15) is 0 Å². The van der Waals surface area contributed by atoms with Crippen molar-refractivity contribution in [3.8, 4) is 9.75 Å². The Morgan fingerprint density at radius 2 is 1.13 bits per heavy atom. The van der Waals surface area contributed by atoms with E-state index in [0.29, 0.717) is 0 Å². The molecule has 0 fully saturated rings. The first-order chi connectivity index (χ1) is 7.09. The average molecular weight is 293 g/mol. The second kappa shape index (κ2) is 3.22. The summed E-state index contributed by atoms with van der Waals surface area (Å²) in [5.41, 5.74) is 3.16. The van der Waals surface area contributed by atoms with Crippen molar-refractivity contribution in [2.45, 2.75) is 27.7 Å². The predicted molar refractivity (Wildman–Crippen MR) is 71.6 cm³/mol. The van der Waals surface area contributed by atoms with Crippen LogP contribution in [0.3, 0.4) is 0 Å². The zero-order chi connectivity index (χ0) is 10.7. The molecule has 15 heavy (non-hydrogen) atoms. The van der Waals surface area contributed by atoms with Crippen molar-refractivity contribution < 1.29 is 0 Å². The molecular weight excluding hydrogens is 281 g/mol. The molecule has 3 rings (SSSR count). The van der Waals surface area contributed by atoms with Crippen LogP contribution in [-0.2, 0) is 0 Å². The Morgan fingerprint density at radius 3 is 1.53 bits per heavy atom. The van der Waals surface area contributed by atoms with Crippen molar-refractivity contribution in [2.75, 3.05) is 0 Å². The van der Waals surface area contributed by atoms with Crippen LogP contribution in [0.2, 0.25) is 0 Å². The van der Waals surface area contributed by atoms with E-state index in [-0.39, 0.29) is 15.4 Å². The van der Waals surface area contributed by atoms with Gasteiger partial charge in [0.2, 0.25) is 0 Å². The van der Waals surface area contributed by atoms with Gasteiger partial charge in [-0.3, -0.25) is 0 Å². The summed E-state index contributed by atoms with van der Waals surface area (Å²) in [7, 11) is 0. The Hall–Kier alpha value is -0.0571. The quantitative estimate of drug-likeness (QED) is 0.559. The van der Waals surface area contributed by atoms with Crippen molar-refractivity contribution in [3.63, 3.8) is 0 Å². The molecule has 0 spiro atoms. The average Bonchev–Trinajstić information content (AvgIpc) is 2.75. The summed E-state index contributed by atoms with van der Waals surface area (Å²) in [6.07, 6.45) is 0. The fraction of sp³-hybridized carbons (Fsp3) is 0.333. The van der Waals surface area contributed by atoms with Gasteiger partial charge in [-0.05, 0) is 0 Å². The third-order valence-corrected chi connectivity index (χ3v) is 10.2. The van der Waals surface area contributed by atoms with Gasteiger partial charge < -0.3 is 0 Å². The van der Waals surface area contributed by atoms with Crippen molar-refractivity contribution in [2.24, 2.45) is 0 Å². The third kappa shape index (κ3) is 1.25. The van der Waals surface area contributed by atoms with Crippen molar-refractivity contribution >= 4 is 46.9 Å². The van der Waals surface area contributed by atoms with Crippen LogP contribution in [0.4, 0.5) is 0 Å². The Labute approximate surface area is 105 Å². The van der Waals surface area contributed by atoms with Gasteiger partial charge in [-0.15, -0.1) is 0 Å². The minimum absolute atomic E-state index is 0.0221. The monoisotopic (exact) mass is 294 g/mol. The van der Waals surface area contributed by atoms with Crippen molar-refractivity contribution in [1.29, 1.82) is 0 Å². The molecule has 0 N–H and O–H groups in total. The molecule has 0 nitrogen and oxygen atoms in total. The molecular formula is C12H12GeS2. The van der Waals surface area contributed by atoms with Gasteiger partial charge in [0.05, 0.1) is 0 Å². The number of thiophene rings is 2. The van der Waals surface area contributed by atoms with Crippen molar-refractivity contribution in [1.82, 2.24) is 0 Å². The number of aryl methyl sites for hydroxylation is 2. The molecule has 0 bridgehead atoms. The molecule has 3 heteroatoms. The van der Waals surface area contributed by atoms with E-state index < -0.39 is 0 Å². The van der Waals surface area contributed by atoms with E-state index in [4.69, 9.17) is 0 Å². The van der Waals surface area contributed by atoms with Crippen LogP contribution in [0.15, 0.2) is 0 Å².